The predicted octanol–water partition coefficient (Wildman–Crippen LogP) is 2.70. The highest BCUT2D eigenvalue weighted by Gasteiger charge is 2.22. The number of amides is 1. The molecule has 0 spiro atoms. The largest absolute Gasteiger partial charge is 0.481 e. The van der Waals surface area contributed by atoms with Crippen LogP contribution in [0, 0.1) is 5.92 Å². The molecule has 0 saturated heterocycles. The summed E-state index contributed by atoms with van der Waals surface area (Å²) in [7, 11) is 0. The van der Waals surface area contributed by atoms with Crippen molar-refractivity contribution in [1.82, 2.24) is 15.1 Å². The van der Waals surface area contributed by atoms with E-state index in [1.807, 2.05) is 17.7 Å². The van der Waals surface area contributed by atoms with Gasteiger partial charge in [-0.3, -0.25) is 14.3 Å². The molecule has 134 valence electrons. The maximum atomic E-state index is 12.5. The summed E-state index contributed by atoms with van der Waals surface area (Å²) in [5.74, 6) is -1.59. The van der Waals surface area contributed by atoms with E-state index in [1.54, 1.807) is 30.5 Å². The average Bonchev–Trinajstić information content (AvgIpc) is 2.97. The van der Waals surface area contributed by atoms with Gasteiger partial charge in [-0.25, -0.2) is 0 Å². The molecule has 1 atom stereocenters. The molecule has 2 rings (SSSR count). The Morgan fingerprint density at radius 1 is 1.24 bits per heavy atom. The summed E-state index contributed by atoms with van der Waals surface area (Å²) in [4.78, 5) is 24.1. The molecule has 0 saturated carbocycles. The molecule has 6 nitrogen and oxygen atoms in total. The van der Waals surface area contributed by atoms with Crippen molar-refractivity contribution < 1.29 is 14.7 Å². The Bertz CT molecular complexity index is 723. The van der Waals surface area contributed by atoms with Crippen molar-refractivity contribution in [2.45, 2.75) is 39.7 Å². The zero-order chi connectivity index (χ0) is 18.4. The van der Waals surface area contributed by atoms with Crippen LogP contribution in [0.15, 0.2) is 36.5 Å². The van der Waals surface area contributed by atoms with Crippen molar-refractivity contribution in [2.75, 3.05) is 6.54 Å². The molecular weight excluding hydrogens is 318 g/mol. The third-order valence-corrected chi connectivity index (χ3v) is 4.03. The fourth-order valence-electron chi connectivity index (χ4n) is 2.80. The number of carbonyl (C=O) groups is 2. The van der Waals surface area contributed by atoms with Gasteiger partial charge in [0.25, 0.3) is 5.91 Å². The fraction of sp³-hybridized carbons (Fsp3) is 0.421. The van der Waals surface area contributed by atoms with Gasteiger partial charge in [-0.2, -0.15) is 5.10 Å². The quantitative estimate of drug-likeness (QED) is 0.772. The summed E-state index contributed by atoms with van der Waals surface area (Å²) in [6.07, 6.45) is 2.26. The smallest absolute Gasteiger partial charge is 0.312 e. The Hall–Kier alpha value is -2.63. The highest BCUT2D eigenvalue weighted by Crippen LogP contribution is 2.16. The van der Waals surface area contributed by atoms with E-state index in [1.165, 1.54) is 0 Å². The third-order valence-electron chi connectivity index (χ3n) is 4.03. The Kier molecular flexibility index (Phi) is 6.33. The number of carboxylic acids is 1. The molecule has 0 aliphatic carbocycles. The molecule has 1 amide bonds. The van der Waals surface area contributed by atoms with Crippen LogP contribution < -0.4 is 5.32 Å². The molecule has 0 bridgehead atoms. The molecule has 0 aliphatic heterocycles. The maximum Gasteiger partial charge on any atom is 0.312 e. The van der Waals surface area contributed by atoms with Crippen molar-refractivity contribution in [3.8, 4) is 0 Å². The van der Waals surface area contributed by atoms with Crippen molar-refractivity contribution >= 4 is 11.9 Å². The van der Waals surface area contributed by atoms with Crippen molar-refractivity contribution in [1.29, 1.82) is 0 Å². The number of carboxylic acid groups (broad SMARTS) is 1. The van der Waals surface area contributed by atoms with Gasteiger partial charge in [-0.05, 0) is 17.9 Å². The monoisotopic (exact) mass is 343 g/mol. The van der Waals surface area contributed by atoms with Gasteiger partial charge in [0, 0.05) is 13.1 Å². The lowest BCUT2D eigenvalue weighted by Gasteiger charge is -2.14. The minimum Gasteiger partial charge on any atom is -0.481 e. The maximum absolute atomic E-state index is 12.5. The summed E-state index contributed by atoms with van der Waals surface area (Å²) in [6.45, 7) is 6.96. The Balaban J connectivity index is 2.11. The van der Waals surface area contributed by atoms with Crippen LogP contribution in [0.4, 0.5) is 0 Å². The topological polar surface area (TPSA) is 84.2 Å². The van der Waals surface area contributed by atoms with Crippen LogP contribution in [0.2, 0.25) is 0 Å². The minimum atomic E-state index is -0.960. The number of hydrogen-bond donors (Lipinski definition) is 2. The van der Waals surface area contributed by atoms with Crippen molar-refractivity contribution in [3.63, 3.8) is 0 Å². The lowest BCUT2D eigenvalue weighted by atomic mass is 9.99. The van der Waals surface area contributed by atoms with Crippen LogP contribution in [0.25, 0.3) is 0 Å². The molecule has 0 fully saturated rings. The number of aromatic nitrogens is 2. The highest BCUT2D eigenvalue weighted by molar-refractivity contribution is 5.95. The molecule has 25 heavy (non-hydrogen) atoms. The fourth-order valence-corrected chi connectivity index (χ4v) is 2.80. The summed E-state index contributed by atoms with van der Waals surface area (Å²) in [5.41, 5.74) is 2.06. The number of hydrogen-bond acceptors (Lipinski definition) is 3. The second-order valence-electron chi connectivity index (χ2n) is 6.45. The molecule has 2 N–H and O–H groups in total. The SMILES string of the molecule is CCc1c(C(=O)NCC(C(=O)O)c2ccccc2)cnn1CC(C)C. The number of nitrogens with zero attached hydrogens (tertiary/aromatic N) is 2. The average molecular weight is 343 g/mol. The lowest BCUT2D eigenvalue weighted by Crippen LogP contribution is -2.32. The Morgan fingerprint density at radius 3 is 2.48 bits per heavy atom. The van der Waals surface area contributed by atoms with Crippen molar-refractivity contribution in [2.24, 2.45) is 5.92 Å². The van der Waals surface area contributed by atoms with Gasteiger partial charge in [-0.15, -0.1) is 0 Å². The number of rotatable bonds is 8. The Labute approximate surface area is 147 Å². The van der Waals surface area contributed by atoms with Crippen molar-refractivity contribution in [3.05, 3.63) is 53.3 Å². The minimum absolute atomic E-state index is 0.0384. The van der Waals surface area contributed by atoms with E-state index in [4.69, 9.17) is 0 Å². The number of aliphatic carboxylic acids is 1. The first kappa shape index (κ1) is 18.7. The van der Waals surface area contributed by atoms with E-state index in [0.29, 0.717) is 23.5 Å². The van der Waals surface area contributed by atoms with Gasteiger partial charge in [-0.1, -0.05) is 51.1 Å². The van der Waals surface area contributed by atoms with Gasteiger partial charge >= 0.3 is 5.97 Å². The van der Waals surface area contributed by atoms with Crippen LogP contribution in [0.5, 0.6) is 0 Å². The van der Waals surface area contributed by atoms with Gasteiger partial charge in [0.1, 0.15) is 0 Å². The van der Waals surface area contributed by atoms with Crippen LogP contribution in [0.1, 0.15) is 48.3 Å². The normalized spacial score (nSPS) is 12.2. The summed E-state index contributed by atoms with van der Waals surface area (Å²) < 4.78 is 1.85. The van der Waals surface area contributed by atoms with Gasteiger partial charge in [0.05, 0.1) is 23.4 Å². The second-order valence-corrected chi connectivity index (χ2v) is 6.45. The van der Waals surface area contributed by atoms with Crippen LogP contribution in [0.3, 0.4) is 0 Å². The first-order valence-corrected chi connectivity index (χ1v) is 8.54. The van der Waals surface area contributed by atoms with Crippen LogP contribution >= 0.6 is 0 Å². The van der Waals surface area contributed by atoms with E-state index in [0.717, 1.165) is 12.2 Å². The molecule has 6 heteroatoms. The molecule has 1 aromatic carbocycles. The molecule has 1 aromatic heterocycles. The molecular formula is C19H25N3O3. The highest BCUT2D eigenvalue weighted by atomic mass is 16.4. The lowest BCUT2D eigenvalue weighted by molar-refractivity contribution is -0.138. The molecule has 0 radical (unpaired) electrons. The van der Waals surface area contributed by atoms with E-state index in [-0.39, 0.29) is 12.5 Å². The summed E-state index contributed by atoms with van der Waals surface area (Å²) >= 11 is 0. The van der Waals surface area contributed by atoms with E-state index < -0.39 is 11.9 Å². The third kappa shape index (κ3) is 4.68. The zero-order valence-corrected chi connectivity index (χ0v) is 14.9. The number of benzene rings is 1. The van der Waals surface area contributed by atoms with Gasteiger partial charge < -0.3 is 10.4 Å². The van der Waals surface area contributed by atoms with E-state index in [9.17, 15) is 14.7 Å². The van der Waals surface area contributed by atoms with E-state index >= 15 is 0 Å². The molecule has 1 unspecified atom stereocenters. The molecule has 1 heterocycles. The summed E-state index contributed by atoms with van der Waals surface area (Å²) in [5, 5.41) is 16.5. The first-order valence-electron chi connectivity index (χ1n) is 8.54. The molecule has 0 aliphatic rings. The van der Waals surface area contributed by atoms with Crippen LogP contribution in [-0.2, 0) is 17.8 Å². The first-order chi connectivity index (χ1) is 11.9. The predicted molar refractivity (Wildman–Crippen MR) is 95.6 cm³/mol. The standard InChI is InChI=1S/C19H25N3O3/c1-4-17-16(11-21-22(17)12-13(2)3)18(23)20-10-15(19(24)25)14-8-6-5-7-9-14/h5-9,11,13,15H,4,10,12H2,1-3H3,(H,20,23)(H,24,25). The molecule has 2 aromatic rings. The Morgan fingerprint density at radius 2 is 1.92 bits per heavy atom. The van der Waals surface area contributed by atoms with Crippen LogP contribution in [-0.4, -0.2) is 33.3 Å². The van der Waals surface area contributed by atoms with Gasteiger partial charge in [0.2, 0.25) is 0 Å². The van der Waals surface area contributed by atoms with Gasteiger partial charge in [0.15, 0.2) is 0 Å². The summed E-state index contributed by atoms with van der Waals surface area (Å²) in [6, 6.07) is 8.92. The van der Waals surface area contributed by atoms with E-state index in [2.05, 4.69) is 24.3 Å². The second kappa shape index (κ2) is 8.46. The zero-order valence-electron chi connectivity index (χ0n) is 14.9. The number of carbonyl (C=O) groups excluding carboxylic acids is 1. The number of nitrogens with one attached hydrogen (secondary N) is 1.